The van der Waals surface area contributed by atoms with E-state index in [0.29, 0.717) is 12.4 Å². The minimum atomic E-state index is 0.134. The second-order valence-electron chi connectivity index (χ2n) is 4.50. The van der Waals surface area contributed by atoms with E-state index in [9.17, 15) is 4.79 Å². The molecule has 6 nitrogen and oxygen atoms in total. The standard InChI is InChI=1S/C12H19N5O/c1-9-14-10(13-2)7-11(15-9)17-6-4-5-16(3)12(18)8-17/h7H,4-6,8H2,1-3H3,(H,13,14,15). The second-order valence-corrected chi connectivity index (χ2v) is 4.50. The number of anilines is 2. The van der Waals surface area contributed by atoms with Gasteiger partial charge in [0.15, 0.2) is 0 Å². The average Bonchev–Trinajstić information content (AvgIpc) is 2.51. The summed E-state index contributed by atoms with van der Waals surface area (Å²) in [4.78, 5) is 24.3. The highest BCUT2D eigenvalue weighted by Gasteiger charge is 2.20. The minimum absolute atomic E-state index is 0.134. The smallest absolute Gasteiger partial charge is 0.241 e. The Morgan fingerprint density at radius 2 is 2.11 bits per heavy atom. The SMILES string of the molecule is CNc1cc(N2CCCN(C)C(=O)C2)nc(C)n1. The molecule has 1 aliphatic heterocycles. The first-order chi connectivity index (χ1) is 8.60. The van der Waals surface area contributed by atoms with Gasteiger partial charge in [-0.3, -0.25) is 4.79 Å². The molecule has 2 heterocycles. The largest absolute Gasteiger partial charge is 0.373 e. The molecule has 0 aromatic carbocycles. The molecule has 1 amide bonds. The van der Waals surface area contributed by atoms with Crippen molar-refractivity contribution >= 4 is 17.5 Å². The summed E-state index contributed by atoms with van der Waals surface area (Å²) in [7, 11) is 3.67. The molecule has 0 radical (unpaired) electrons. The van der Waals surface area contributed by atoms with Crippen molar-refractivity contribution in [3.05, 3.63) is 11.9 Å². The molecule has 1 N–H and O–H groups in total. The Bertz CT molecular complexity index is 448. The Kier molecular flexibility index (Phi) is 3.64. The van der Waals surface area contributed by atoms with Crippen LogP contribution in [0.25, 0.3) is 0 Å². The summed E-state index contributed by atoms with van der Waals surface area (Å²) in [6.07, 6.45) is 0.959. The molecule has 0 atom stereocenters. The van der Waals surface area contributed by atoms with Crippen molar-refractivity contribution in [2.45, 2.75) is 13.3 Å². The van der Waals surface area contributed by atoms with Crippen molar-refractivity contribution in [3.8, 4) is 0 Å². The van der Waals surface area contributed by atoms with E-state index >= 15 is 0 Å². The molecule has 18 heavy (non-hydrogen) atoms. The van der Waals surface area contributed by atoms with Gasteiger partial charge in [-0.1, -0.05) is 0 Å². The number of aromatic nitrogens is 2. The average molecular weight is 249 g/mol. The molecular weight excluding hydrogens is 230 g/mol. The van der Waals surface area contributed by atoms with Gasteiger partial charge in [0.2, 0.25) is 5.91 Å². The van der Waals surface area contributed by atoms with Gasteiger partial charge in [0.05, 0.1) is 6.54 Å². The molecule has 2 rings (SSSR count). The number of hydrogen-bond donors (Lipinski definition) is 1. The van der Waals surface area contributed by atoms with Gasteiger partial charge in [-0.05, 0) is 13.3 Å². The second kappa shape index (κ2) is 5.20. The van der Waals surface area contributed by atoms with Crippen LogP contribution in [0.15, 0.2) is 6.07 Å². The van der Waals surface area contributed by atoms with Gasteiger partial charge in [0, 0.05) is 33.3 Å². The van der Waals surface area contributed by atoms with Crippen LogP contribution in [0.5, 0.6) is 0 Å². The molecule has 1 fully saturated rings. The first-order valence-electron chi connectivity index (χ1n) is 6.12. The molecule has 1 saturated heterocycles. The lowest BCUT2D eigenvalue weighted by atomic mass is 10.3. The number of likely N-dealkylation sites (N-methyl/N-ethyl adjacent to an activating group) is 1. The number of nitrogens with zero attached hydrogens (tertiary/aromatic N) is 4. The van der Waals surface area contributed by atoms with Crippen LogP contribution >= 0.6 is 0 Å². The molecule has 1 aromatic rings. The van der Waals surface area contributed by atoms with Crippen molar-refractivity contribution in [1.82, 2.24) is 14.9 Å². The summed E-state index contributed by atoms with van der Waals surface area (Å²) in [6, 6.07) is 1.88. The van der Waals surface area contributed by atoms with Crippen LogP contribution < -0.4 is 10.2 Å². The lowest BCUT2D eigenvalue weighted by Gasteiger charge is -2.21. The maximum Gasteiger partial charge on any atom is 0.241 e. The summed E-state index contributed by atoms with van der Waals surface area (Å²) in [5.74, 6) is 2.44. The molecule has 98 valence electrons. The molecule has 0 unspecified atom stereocenters. The van der Waals surface area contributed by atoms with Crippen molar-refractivity contribution in [2.75, 3.05) is 43.9 Å². The zero-order valence-electron chi connectivity index (χ0n) is 11.1. The van der Waals surface area contributed by atoms with Crippen molar-refractivity contribution in [3.63, 3.8) is 0 Å². The topological polar surface area (TPSA) is 61.4 Å². The minimum Gasteiger partial charge on any atom is -0.373 e. The van der Waals surface area contributed by atoms with E-state index in [1.165, 1.54) is 0 Å². The fraction of sp³-hybridized carbons (Fsp3) is 0.583. The summed E-state index contributed by atoms with van der Waals surface area (Å²) in [6.45, 7) is 3.89. The lowest BCUT2D eigenvalue weighted by Crippen LogP contribution is -2.34. The molecule has 1 aromatic heterocycles. The third kappa shape index (κ3) is 2.69. The van der Waals surface area contributed by atoms with Gasteiger partial charge in [-0.15, -0.1) is 0 Å². The summed E-state index contributed by atoms with van der Waals surface area (Å²) in [5, 5.41) is 3.01. The molecule has 0 bridgehead atoms. The summed E-state index contributed by atoms with van der Waals surface area (Å²) in [5.41, 5.74) is 0. The molecule has 6 heteroatoms. The lowest BCUT2D eigenvalue weighted by molar-refractivity contribution is -0.127. The fourth-order valence-electron chi connectivity index (χ4n) is 2.02. The number of amides is 1. The quantitative estimate of drug-likeness (QED) is 0.827. The predicted molar refractivity (Wildman–Crippen MR) is 70.8 cm³/mol. The van der Waals surface area contributed by atoms with Gasteiger partial charge < -0.3 is 15.1 Å². The zero-order valence-corrected chi connectivity index (χ0v) is 11.1. The maximum atomic E-state index is 11.9. The van der Waals surface area contributed by atoms with Crippen LogP contribution in [0, 0.1) is 6.92 Å². The van der Waals surface area contributed by atoms with Crippen LogP contribution in [0.4, 0.5) is 11.6 Å². The van der Waals surface area contributed by atoms with E-state index in [-0.39, 0.29) is 5.91 Å². The molecule has 0 spiro atoms. The van der Waals surface area contributed by atoms with Crippen molar-refractivity contribution in [2.24, 2.45) is 0 Å². The fourth-order valence-corrected chi connectivity index (χ4v) is 2.02. The summed E-state index contributed by atoms with van der Waals surface area (Å²) < 4.78 is 0. The normalized spacial score (nSPS) is 16.7. The Labute approximate surface area is 107 Å². The molecular formula is C12H19N5O. The highest BCUT2D eigenvalue weighted by molar-refractivity contribution is 5.81. The van der Waals surface area contributed by atoms with Gasteiger partial charge in [0.25, 0.3) is 0 Å². The monoisotopic (exact) mass is 249 g/mol. The van der Waals surface area contributed by atoms with Gasteiger partial charge in [-0.25, -0.2) is 9.97 Å². The van der Waals surface area contributed by atoms with Crippen LogP contribution in [-0.4, -0.2) is 54.5 Å². The molecule has 1 aliphatic rings. The van der Waals surface area contributed by atoms with E-state index in [2.05, 4.69) is 15.3 Å². The van der Waals surface area contributed by atoms with E-state index in [4.69, 9.17) is 0 Å². The number of carbonyl (C=O) groups excluding carboxylic acids is 1. The number of nitrogens with one attached hydrogen (secondary N) is 1. The van der Waals surface area contributed by atoms with E-state index in [1.807, 2.05) is 32.0 Å². The van der Waals surface area contributed by atoms with Crippen LogP contribution in [-0.2, 0) is 4.79 Å². The Morgan fingerprint density at radius 1 is 1.33 bits per heavy atom. The number of hydrogen-bond acceptors (Lipinski definition) is 5. The van der Waals surface area contributed by atoms with Gasteiger partial charge >= 0.3 is 0 Å². The van der Waals surface area contributed by atoms with Crippen LogP contribution in [0.2, 0.25) is 0 Å². The first-order valence-corrected chi connectivity index (χ1v) is 6.12. The number of carbonyl (C=O) groups is 1. The summed E-state index contributed by atoms with van der Waals surface area (Å²) >= 11 is 0. The third-order valence-corrected chi connectivity index (χ3v) is 3.08. The van der Waals surface area contributed by atoms with E-state index in [0.717, 1.165) is 31.1 Å². The van der Waals surface area contributed by atoms with Crippen LogP contribution in [0.3, 0.4) is 0 Å². The first kappa shape index (κ1) is 12.6. The van der Waals surface area contributed by atoms with Crippen molar-refractivity contribution in [1.29, 1.82) is 0 Å². The third-order valence-electron chi connectivity index (χ3n) is 3.08. The van der Waals surface area contributed by atoms with Crippen LogP contribution in [0.1, 0.15) is 12.2 Å². The Balaban J connectivity index is 2.24. The Morgan fingerprint density at radius 3 is 2.83 bits per heavy atom. The molecule has 0 saturated carbocycles. The van der Waals surface area contributed by atoms with Gasteiger partial charge in [-0.2, -0.15) is 0 Å². The number of rotatable bonds is 2. The molecule has 0 aliphatic carbocycles. The van der Waals surface area contributed by atoms with E-state index in [1.54, 1.807) is 4.90 Å². The van der Waals surface area contributed by atoms with Crippen molar-refractivity contribution < 1.29 is 4.79 Å². The van der Waals surface area contributed by atoms with Gasteiger partial charge in [0.1, 0.15) is 17.5 Å². The Hall–Kier alpha value is -1.85. The highest BCUT2D eigenvalue weighted by atomic mass is 16.2. The zero-order chi connectivity index (χ0) is 13.1. The maximum absolute atomic E-state index is 11.9. The number of aryl methyl sites for hydroxylation is 1. The predicted octanol–water partition coefficient (Wildman–Crippen LogP) is 0.495. The van der Waals surface area contributed by atoms with E-state index < -0.39 is 0 Å². The highest BCUT2D eigenvalue weighted by Crippen LogP contribution is 2.17.